The van der Waals surface area contributed by atoms with Crippen LogP contribution in [0.5, 0.6) is 0 Å². The number of benzene rings is 1. The van der Waals surface area contributed by atoms with E-state index >= 15 is 0 Å². The van der Waals surface area contributed by atoms with Crippen LogP contribution in [0.2, 0.25) is 10.0 Å². The average Bonchev–Trinajstić information content (AvgIpc) is 2.42. The van der Waals surface area contributed by atoms with Crippen LogP contribution in [0.3, 0.4) is 0 Å². The molecule has 0 saturated carbocycles. The summed E-state index contributed by atoms with van der Waals surface area (Å²) in [5, 5.41) is 7.45. The van der Waals surface area contributed by atoms with E-state index in [-0.39, 0.29) is 0 Å². The summed E-state index contributed by atoms with van der Waals surface area (Å²) < 4.78 is 0. The molecule has 118 valence electrons. The molecule has 2 aromatic rings. The fraction of sp³-hybridized carbons (Fsp3) is 0.333. The van der Waals surface area contributed by atoms with E-state index in [0.717, 1.165) is 18.8 Å². The standard InChI is InChI=1S/C15H19Cl2N5/c1-10-9-13(20-14-11(16)5-4-6-12(14)17)21-15(19-10)18-7-8-22(2)3/h4-6,9H,7-8H2,1-3H3,(H2,18,19,20,21). The average molecular weight is 340 g/mol. The Kier molecular flexibility index (Phi) is 5.83. The predicted molar refractivity (Wildman–Crippen MR) is 93.6 cm³/mol. The second-order valence-corrected chi connectivity index (χ2v) is 5.98. The van der Waals surface area contributed by atoms with E-state index < -0.39 is 0 Å². The quantitative estimate of drug-likeness (QED) is 0.838. The lowest BCUT2D eigenvalue weighted by Crippen LogP contribution is -2.21. The predicted octanol–water partition coefficient (Wildman–Crippen LogP) is 3.81. The van der Waals surface area contributed by atoms with Gasteiger partial charge in [-0.2, -0.15) is 4.98 Å². The van der Waals surface area contributed by atoms with Gasteiger partial charge in [-0.3, -0.25) is 0 Å². The van der Waals surface area contributed by atoms with Gasteiger partial charge in [-0.05, 0) is 33.2 Å². The van der Waals surface area contributed by atoms with E-state index in [1.54, 1.807) is 18.2 Å². The molecular weight excluding hydrogens is 321 g/mol. The van der Waals surface area contributed by atoms with Gasteiger partial charge in [0.1, 0.15) is 5.82 Å². The lowest BCUT2D eigenvalue weighted by Gasteiger charge is -2.13. The van der Waals surface area contributed by atoms with Gasteiger partial charge < -0.3 is 15.5 Å². The van der Waals surface area contributed by atoms with Crippen LogP contribution in [-0.2, 0) is 0 Å². The molecule has 2 N–H and O–H groups in total. The van der Waals surface area contributed by atoms with E-state index in [1.165, 1.54) is 0 Å². The topological polar surface area (TPSA) is 53.1 Å². The van der Waals surface area contributed by atoms with Crippen LogP contribution in [0.4, 0.5) is 17.5 Å². The number of hydrogen-bond donors (Lipinski definition) is 2. The van der Waals surface area contributed by atoms with Gasteiger partial charge in [0, 0.05) is 24.8 Å². The molecule has 0 aliphatic heterocycles. The second kappa shape index (κ2) is 7.63. The van der Waals surface area contributed by atoms with Gasteiger partial charge in [0.25, 0.3) is 0 Å². The van der Waals surface area contributed by atoms with Gasteiger partial charge in [-0.25, -0.2) is 4.98 Å². The molecule has 0 spiro atoms. The van der Waals surface area contributed by atoms with Crippen LogP contribution in [0.1, 0.15) is 5.69 Å². The van der Waals surface area contributed by atoms with E-state index in [4.69, 9.17) is 23.2 Å². The number of rotatable bonds is 6. The van der Waals surface area contributed by atoms with Crippen molar-refractivity contribution in [1.29, 1.82) is 0 Å². The third-order valence-corrected chi connectivity index (χ3v) is 3.54. The summed E-state index contributed by atoms with van der Waals surface area (Å²) in [6.07, 6.45) is 0. The van der Waals surface area contributed by atoms with Crippen molar-refractivity contribution < 1.29 is 0 Å². The fourth-order valence-corrected chi connectivity index (χ4v) is 2.34. The molecule has 0 atom stereocenters. The monoisotopic (exact) mass is 339 g/mol. The first kappa shape index (κ1) is 16.8. The highest BCUT2D eigenvalue weighted by Crippen LogP contribution is 2.32. The van der Waals surface area contributed by atoms with E-state index in [0.29, 0.717) is 27.5 Å². The summed E-state index contributed by atoms with van der Waals surface area (Å²) in [7, 11) is 4.04. The maximum absolute atomic E-state index is 6.17. The number of nitrogens with one attached hydrogen (secondary N) is 2. The number of anilines is 3. The zero-order valence-electron chi connectivity index (χ0n) is 12.8. The normalized spacial score (nSPS) is 10.8. The van der Waals surface area contributed by atoms with Crippen molar-refractivity contribution in [1.82, 2.24) is 14.9 Å². The van der Waals surface area contributed by atoms with Crippen molar-refractivity contribution in [2.75, 3.05) is 37.8 Å². The van der Waals surface area contributed by atoms with Crippen LogP contribution < -0.4 is 10.6 Å². The lowest BCUT2D eigenvalue weighted by atomic mass is 10.3. The van der Waals surface area contributed by atoms with Crippen LogP contribution in [0, 0.1) is 6.92 Å². The van der Waals surface area contributed by atoms with E-state index in [9.17, 15) is 0 Å². The minimum Gasteiger partial charge on any atom is -0.353 e. The Balaban J connectivity index is 2.16. The SMILES string of the molecule is Cc1cc(Nc2c(Cl)cccc2Cl)nc(NCCN(C)C)n1. The molecule has 22 heavy (non-hydrogen) atoms. The van der Waals surface area contributed by atoms with Gasteiger partial charge in [-0.1, -0.05) is 29.3 Å². The first-order chi connectivity index (χ1) is 10.5. The minimum atomic E-state index is 0.547. The van der Waals surface area contributed by atoms with Crippen molar-refractivity contribution in [2.45, 2.75) is 6.92 Å². The number of halogens is 2. The van der Waals surface area contributed by atoms with Crippen LogP contribution >= 0.6 is 23.2 Å². The molecule has 0 fully saturated rings. The third kappa shape index (κ3) is 4.73. The molecule has 2 rings (SSSR count). The zero-order chi connectivity index (χ0) is 16.1. The first-order valence-electron chi connectivity index (χ1n) is 6.91. The number of nitrogens with zero attached hydrogens (tertiary/aromatic N) is 3. The summed E-state index contributed by atoms with van der Waals surface area (Å²) in [6, 6.07) is 7.20. The molecule has 0 aliphatic carbocycles. The molecule has 7 heteroatoms. The van der Waals surface area contributed by atoms with Crippen molar-refractivity contribution in [2.24, 2.45) is 0 Å². The molecular formula is C15H19Cl2N5. The van der Waals surface area contributed by atoms with Gasteiger partial charge in [0.15, 0.2) is 0 Å². The summed E-state index contributed by atoms with van der Waals surface area (Å²) in [5.74, 6) is 1.22. The molecule has 1 heterocycles. The number of hydrogen-bond acceptors (Lipinski definition) is 5. The summed E-state index contributed by atoms with van der Waals surface area (Å²) in [5.41, 5.74) is 1.50. The summed E-state index contributed by atoms with van der Waals surface area (Å²) in [4.78, 5) is 10.9. The maximum atomic E-state index is 6.17. The van der Waals surface area contributed by atoms with Crippen LogP contribution in [0.25, 0.3) is 0 Å². The smallest absolute Gasteiger partial charge is 0.224 e. The van der Waals surface area contributed by atoms with Gasteiger partial charge >= 0.3 is 0 Å². The molecule has 1 aromatic carbocycles. The molecule has 0 unspecified atom stereocenters. The molecule has 0 aliphatic rings. The van der Waals surface area contributed by atoms with Crippen molar-refractivity contribution in [3.05, 3.63) is 40.0 Å². The molecule has 0 saturated heterocycles. The van der Waals surface area contributed by atoms with Crippen LogP contribution in [0.15, 0.2) is 24.3 Å². The lowest BCUT2D eigenvalue weighted by molar-refractivity contribution is 0.425. The van der Waals surface area contributed by atoms with E-state index in [1.807, 2.05) is 27.1 Å². The summed E-state index contributed by atoms with van der Waals surface area (Å²) >= 11 is 12.3. The number of aryl methyl sites for hydroxylation is 1. The Hall–Kier alpha value is -1.56. The molecule has 0 bridgehead atoms. The Morgan fingerprint density at radius 3 is 2.45 bits per heavy atom. The highest BCUT2D eigenvalue weighted by atomic mass is 35.5. The molecule has 0 amide bonds. The Labute approximate surface area is 140 Å². The molecule has 5 nitrogen and oxygen atoms in total. The highest BCUT2D eigenvalue weighted by Gasteiger charge is 2.08. The zero-order valence-corrected chi connectivity index (χ0v) is 14.3. The number of para-hydroxylation sites is 1. The van der Waals surface area contributed by atoms with Gasteiger partial charge in [-0.15, -0.1) is 0 Å². The molecule has 1 aromatic heterocycles. The number of likely N-dealkylation sites (N-methyl/N-ethyl adjacent to an activating group) is 1. The third-order valence-electron chi connectivity index (χ3n) is 2.91. The van der Waals surface area contributed by atoms with Crippen LogP contribution in [-0.4, -0.2) is 42.1 Å². The Bertz CT molecular complexity index is 626. The van der Waals surface area contributed by atoms with E-state index in [2.05, 4.69) is 25.5 Å². The maximum Gasteiger partial charge on any atom is 0.224 e. The Morgan fingerprint density at radius 1 is 1.14 bits per heavy atom. The largest absolute Gasteiger partial charge is 0.353 e. The first-order valence-corrected chi connectivity index (χ1v) is 7.66. The Morgan fingerprint density at radius 2 is 1.82 bits per heavy atom. The minimum absolute atomic E-state index is 0.547. The molecule has 0 radical (unpaired) electrons. The van der Waals surface area contributed by atoms with Crippen molar-refractivity contribution >= 4 is 40.7 Å². The van der Waals surface area contributed by atoms with Gasteiger partial charge in [0.2, 0.25) is 5.95 Å². The highest BCUT2D eigenvalue weighted by molar-refractivity contribution is 6.39. The van der Waals surface area contributed by atoms with Gasteiger partial charge in [0.05, 0.1) is 15.7 Å². The summed E-state index contributed by atoms with van der Waals surface area (Å²) in [6.45, 7) is 3.58. The second-order valence-electron chi connectivity index (χ2n) is 5.17. The van der Waals surface area contributed by atoms with Crippen molar-refractivity contribution in [3.63, 3.8) is 0 Å². The van der Waals surface area contributed by atoms with Crippen molar-refractivity contribution in [3.8, 4) is 0 Å². The fourth-order valence-electron chi connectivity index (χ4n) is 1.85. The number of aromatic nitrogens is 2.